The molecule has 0 aliphatic carbocycles. The van der Waals surface area contributed by atoms with Crippen molar-refractivity contribution in [2.75, 3.05) is 36.2 Å². The van der Waals surface area contributed by atoms with Crippen LogP contribution < -0.4 is 19.3 Å². The number of nitrogens with zero attached hydrogens (tertiary/aromatic N) is 4. The van der Waals surface area contributed by atoms with Gasteiger partial charge in [-0.1, -0.05) is 0 Å². The molecule has 3 aliphatic heterocycles. The molecule has 1 amide bonds. The number of amides is 1. The molecule has 5 rings (SSSR count). The van der Waals surface area contributed by atoms with Crippen molar-refractivity contribution in [3.8, 4) is 11.5 Å². The molecule has 0 saturated carbocycles. The Morgan fingerprint density at radius 1 is 1.12 bits per heavy atom. The average Bonchev–Trinajstić information content (AvgIpc) is 3.34. The van der Waals surface area contributed by atoms with Crippen molar-refractivity contribution in [1.29, 1.82) is 0 Å². The SMILES string of the molecule is Cc1cnc(N2CC[C@@]3(CC(=O)N(c4ccc5c(c4)OCO5)C3)C2)nc1. The Bertz CT molecular complexity index is 870. The lowest BCUT2D eigenvalue weighted by Gasteiger charge is -2.24. The van der Waals surface area contributed by atoms with Gasteiger partial charge in [-0.3, -0.25) is 4.79 Å². The molecule has 0 N–H and O–H groups in total. The molecule has 2 saturated heterocycles. The Kier molecular flexibility index (Phi) is 3.32. The van der Waals surface area contributed by atoms with Crippen molar-refractivity contribution in [3.63, 3.8) is 0 Å². The molecular weight excluding hydrogens is 332 g/mol. The van der Waals surface area contributed by atoms with Crippen molar-refractivity contribution >= 4 is 17.5 Å². The zero-order chi connectivity index (χ0) is 17.7. The van der Waals surface area contributed by atoms with E-state index in [4.69, 9.17) is 9.47 Å². The smallest absolute Gasteiger partial charge is 0.231 e. The van der Waals surface area contributed by atoms with Crippen LogP contribution in [0.2, 0.25) is 0 Å². The zero-order valence-corrected chi connectivity index (χ0v) is 14.6. The molecule has 2 aromatic rings. The first kappa shape index (κ1) is 15.4. The number of carbonyl (C=O) groups excluding carboxylic acids is 1. The predicted molar refractivity (Wildman–Crippen MR) is 95.6 cm³/mol. The second-order valence-corrected chi connectivity index (χ2v) is 7.43. The van der Waals surface area contributed by atoms with Crippen molar-refractivity contribution in [2.24, 2.45) is 5.41 Å². The van der Waals surface area contributed by atoms with Gasteiger partial charge in [0.15, 0.2) is 11.5 Å². The van der Waals surface area contributed by atoms with E-state index in [0.717, 1.165) is 42.5 Å². The van der Waals surface area contributed by atoms with E-state index in [1.807, 2.05) is 42.4 Å². The number of hydrogen-bond donors (Lipinski definition) is 0. The zero-order valence-electron chi connectivity index (χ0n) is 14.6. The minimum absolute atomic E-state index is 0.0400. The lowest BCUT2D eigenvalue weighted by atomic mass is 9.86. The molecule has 2 fully saturated rings. The summed E-state index contributed by atoms with van der Waals surface area (Å²) in [5.74, 6) is 2.35. The first-order valence-electron chi connectivity index (χ1n) is 8.86. The summed E-state index contributed by atoms with van der Waals surface area (Å²) in [6.07, 6.45) is 5.21. The maximum absolute atomic E-state index is 12.7. The number of ether oxygens (including phenoxy) is 2. The van der Waals surface area contributed by atoms with Crippen LogP contribution in [0.1, 0.15) is 18.4 Å². The van der Waals surface area contributed by atoms with Gasteiger partial charge in [-0.25, -0.2) is 9.97 Å². The van der Waals surface area contributed by atoms with Crippen LogP contribution in [0.5, 0.6) is 11.5 Å². The van der Waals surface area contributed by atoms with Crippen LogP contribution in [0.3, 0.4) is 0 Å². The predicted octanol–water partition coefficient (Wildman–Crippen LogP) is 2.15. The Labute approximate surface area is 151 Å². The molecular formula is C19H20N4O3. The third kappa shape index (κ3) is 2.46. The van der Waals surface area contributed by atoms with E-state index in [1.54, 1.807) is 0 Å². The average molecular weight is 352 g/mol. The Hall–Kier alpha value is -2.83. The molecule has 4 heterocycles. The quantitative estimate of drug-likeness (QED) is 0.825. The summed E-state index contributed by atoms with van der Waals surface area (Å²) in [6.45, 7) is 4.62. The molecule has 1 spiro atoms. The number of fused-ring (bicyclic) bond motifs is 1. The highest BCUT2D eigenvalue weighted by Gasteiger charge is 2.48. The van der Waals surface area contributed by atoms with Gasteiger partial charge in [0.1, 0.15) is 0 Å². The number of benzene rings is 1. The largest absolute Gasteiger partial charge is 0.454 e. The fourth-order valence-corrected chi connectivity index (χ4v) is 4.11. The van der Waals surface area contributed by atoms with E-state index in [0.29, 0.717) is 18.7 Å². The van der Waals surface area contributed by atoms with E-state index >= 15 is 0 Å². The molecule has 1 aromatic heterocycles. The molecule has 0 unspecified atom stereocenters. The van der Waals surface area contributed by atoms with E-state index in [1.165, 1.54) is 0 Å². The van der Waals surface area contributed by atoms with Crippen LogP contribution in [0.25, 0.3) is 0 Å². The number of hydrogen-bond acceptors (Lipinski definition) is 6. The van der Waals surface area contributed by atoms with Crippen LogP contribution >= 0.6 is 0 Å². The summed E-state index contributed by atoms with van der Waals surface area (Å²) in [7, 11) is 0. The minimum Gasteiger partial charge on any atom is -0.454 e. The second kappa shape index (κ2) is 5.59. The summed E-state index contributed by atoms with van der Waals surface area (Å²) < 4.78 is 10.8. The molecule has 134 valence electrons. The topological polar surface area (TPSA) is 67.8 Å². The van der Waals surface area contributed by atoms with Crippen molar-refractivity contribution in [2.45, 2.75) is 19.8 Å². The summed E-state index contributed by atoms with van der Waals surface area (Å²) >= 11 is 0. The van der Waals surface area contributed by atoms with Crippen LogP contribution in [0, 0.1) is 12.3 Å². The van der Waals surface area contributed by atoms with Gasteiger partial charge in [0, 0.05) is 55.6 Å². The van der Waals surface area contributed by atoms with Gasteiger partial charge < -0.3 is 19.3 Å². The van der Waals surface area contributed by atoms with Gasteiger partial charge in [0.2, 0.25) is 18.6 Å². The first-order valence-corrected chi connectivity index (χ1v) is 8.86. The molecule has 7 nitrogen and oxygen atoms in total. The standard InChI is InChI=1S/C19H20N4O3/c1-13-8-20-18(21-9-13)22-5-4-19(10-22)7-17(24)23(11-19)14-2-3-15-16(6-14)26-12-25-15/h2-3,6,8-9H,4-5,7,10-12H2,1H3/t19-/m1/s1. The fourth-order valence-electron chi connectivity index (χ4n) is 4.11. The van der Waals surface area contributed by atoms with E-state index in [9.17, 15) is 4.79 Å². The lowest BCUT2D eigenvalue weighted by Crippen LogP contribution is -2.31. The molecule has 1 atom stereocenters. The second-order valence-electron chi connectivity index (χ2n) is 7.43. The van der Waals surface area contributed by atoms with Crippen LogP contribution in [0.4, 0.5) is 11.6 Å². The minimum atomic E-state index is -0.0400. The van der Waals surface area contributed by atoms with Gasteiger partial charge in [-0.05, 0) is 31.0 Å². The normalized spacial score (nSPS) is 24.1. The van der Waals surface area contributed by atoms with E-state index < -0.39 is 0 Å². The molecule has 0 bridgehead atoms. The highest BCUT2D eigenvalue weighted by atomic mass is 16.7. The number of carbonyl (C=O) groups is 1. The van der Waals surface area contributed by atoms with Crippen LogP contribution in [-0.2, 0) is 4.79 Å². The Balaban J connectivity index is 1.36. The van der Waals surface area contributed by atoms with Crippen LogP contribution in [-0.4, -0.2) is 42.3 Å². The van der Waals surface area contributed by atoms with Crippen LogP contribution in [0.15, 0.2) is 30.6 Å². The Morgan fingerprint density at radius 2 is 1.92 bits per heavy atom. The molecule has 7 heteroatoms. The third-order valence-corrected chi connectivity index (χ3v) is 5.48. The van der Waals surface area contributed by atoms with Crippen molar-refractivity contribution in [1.82, 2.24) is 9.97 Å². The van der Waals surface area contributed by atoms with Crippen molar-refractivity contribution in [3.05, 3.63) is 36.2 Å². The van der Waals surface area contributed by atoms with E-state index in [2.05, 4.69) is 14.9 Å². The van der Waals surface area contributed by atoms with Gasteiger partial charge in [-0.2, -0.15) is 0 Å². The highest BCUT2D eigenvalue weighted by Crippen LogP contribution is 2.44. The molecule has 26 heavy (non-hydrogen) atoms. The number of aromatic nitrogens is 2. The molecule has 0 radical (unpaired) electrons. The van der Waals surface area contributed by atoms with Gasteiger partial charge in [-0.15, -0.1) is 0 Å². The van der Waals surface area contributed by atoms with Gasteiger partial charge >= 0.3 is 0 Å². The fraction of sp³-hybridized carbons (Fsp3) is 0.421. The maximum Gasteiger partial charge on any atom is 0.231 e. The first-order chi connectivity index (χ1) is 12.6. The summed E-state index contributed by atoms with van der Waals surface area (Å²) in [6, 6.07) is 5.70. The number of anilines is 2. The van der Waals surface area contributed by atoms with Crippen molar-refractivity contribution < 1.29 is 14.3 Å². The lowest BCUT2D eigenvalue weighted by molar-refractivity contribution is -0.117. The van der Waals surface area contributed by atoms with E-state index in [-0.39, 0.29) is 18.1 Å². The van der Waals surface area contributed by atoms with Gasteiger partial charge in [0.25, 0.3) is 0 Å². The summed E-state index contributed by atoms with van der Waals surface area (Å²) in [4.78, 5) is 25.7. The monoisotopic (exact) mass is 352 g/mol. The van der Waals surface area contributed by atoms with Gasteiger partial charge in [0.05, 0.1) is 0 Å². The molecule has 1 aromatic carbocycles. The molecule has 3 aliphatic rings. The maximum atomic E-state index is 12.7. The Morgan fingerprint density at radius 3 is 2.77 bits per heavy atom. The third-order valence-electron chi connectivity index (χ3n) is 5.48. The number of aryl methyl sites for hydroxylation is 1. The summed E-state index contributed by atoms with van der Waals surface area (Å²) in [5, 5.41) is 0. The highest BCUT2D eigenvalue weighted by molar-refractivity contribution is 5.97. The summed E-state index contributed by atoms with van der Waals surface area (Å²) in [5.41, 5.74) is 1.88. The number of rotatable bonds is 2.